The Bertz CT molecular complexity index is 425. The van der Waals surface area contributed by atoms with Crippen molar-refractivity contribution in [3.63, 3.8) is 0 Å². The summed E-state index contributed by atoms with van der Waals surface area (Å²) in [5.41, 5.74) is 2.34. The van der Waals surface area contributed by atoms with E-state index in [1.165, 1.54) is 32.1 Å². The smallest absolute Gasteiger partial charge is 0.0447 e. The Kier molecular flexibility index (Phi) is 5.65. The first kappa shape index (κ1) is 15.6. The van der Waals surface area contributed by atoms with Gasteiger partial charge in [0, 0.05) is 9.52 Å². The van der Waals surface area contributed by atoms with Crippen molar-refractivity contribution < 1.29 is 0 Å². The van der Waals surface area contributed by atoms with Crippen LogP contribution in [0, 0.1) is 5.92 Å². The lowest BCUT2D eigenvalue weighted by Crippen LogP contribution is -2.22. The Hall–Kier alpha value is -0.823. The zero-order chi connectivity index (χ0) is 14.4. The molecule has 0 aromatic carbocycles. The van der Waals surface area contributed by atoms with Crippen molar-refractivity contribution in [3.05, 3.63) is 48.1 Å². The molecule has 2 aliphatic carbocycles. The van der Waals surface area contributed by atoms with Gasteiger partial charge in [-0.1, -0.05) is 82.6 Å². The van der Waals surface area contributed by atoms with Gasteiger partial charge < -0.3 is 0 Å². The highest BCUT2D eigenvalue weighted by molar-refractivity contribution is 6.44. The van der Waals surface area contributed by atoms with Crippen LogP contribution in [0.1, 0.15) is 52.9 Å². The van der Waals surface area contributed by atoms with E-state index in [-0.39, 0.29) is 9.52 Å². The Morgan fingerprint density at radius 3 is 2.75 bits per heavy atom. The van der Waals surface area contributed by atoms with Crippen molar-refractivity contribution in [3.8, 4) is 0 Å². The quantitative estimate of drug-likeness (QED) is 0.437. The fourth-order valence-electron chi connectivity index (χ4n) is 3.45. The lowest BCUT2D eigenvalue weighted by atomic mass is 9.93. The molecule has 0 fully saturated rings. The molecule has 0 aromatic rings. The summed E-state index contributed by atoms with van der Waals surface area (Å²) >= 11 is 0. The maximum Gasteiger partial charge on any atom is 0.0447 e. The molecule has 110 valence electrons. The molecule has 2 aliphatic rings. The summed E-state index contributed by atoms with van der Waals surface area (Å²) in [4.78, 5) is 0. The minimum atomic E-state index is -0.158. The number of hydrogen-bond acceptors (Lipinski definition) is 0. The standard InChI is InChI=1S/C19H30Si/c1-4-5-7-12-19(13-8-6-9-14-19)20-18-11-10-17(15-18)16(2)3/h6,8-11,13,15-16,18H,4-5,7,12,14,20H2,1-3H3. The Morgan fingerprint density at radius 2 is 2.15 bits per heavy atom. The fraction of sp³-hybridized carbons (Fsp3) is 0.579. The predicted octanol–water partition coefficient (Wildman–Crippen LogP) is 5.35. The molecule has 0 nitrogen and oxygen atoms in total. The molecule has 0 amide bonds. The number of rotatable bonds is 7. The number of allylic oxidation sites excluding steroid dienone is 8. The molecule has 2 unspecified atom stereocenters. The first-order valence-electron chi connectivity index (χ1n) is 8.39. The van der Waals surface area contributed by atoms with E-state index >= 15 is 0 Å². The molecule has 0 bridgehead atoms. The molecule has 0 N–H and O–H groups in total. The molecule has 0 saturated carbocycles. The van der Waals surface area contributed by atoms with Crippen LogP contribution < -0.4 is 0 Å². The summed E-state index contributed by atoms with van der Waals surface area (Å²) in [6.07, 6.45) is 23.7. The number of hydrogen-bond donors (Lipinski definition) is 0. The first-order chi connectivity index (χ1) is 9.65. The molecule has 1 heteroatoms. The Labute approximate surface area is 127 Å². The summed E-state index contributed by atoms with van der Waals surface area (Å²) in [5, 5.41) is 0.544. The zero-order valence-corrected chi connectivity index (χ0v) is 14.9. The van der Waals surface area contributed by atoms with Gasteiger partial charge in [-0.15, -0.1) is 0 Å². The summed E-state index contributed by atoms with van der Waals surface area (Å²) in [7, 11) is -0.158. The van der Waals surface area contributed by atoms with E-state index < -0.39 is 0 Å². The molecule has 0 radical (unpaired) electrons. The molecule has 0 heterocycles. The molecule has 2 rings (SSSR count). The van der Waals surface area contributed by atoms with Gasteiger partial charge in [0.25, 0.3) is 0 Å². The summed E-state index contributed by atoms with van der Waals surface area (Å²) in [6, 6.07) is 0. The molecule has 0 aliphatic heterocycles. The van der Waals surface area contributed by atoms with Crippen LogP contribution in [0.5, 0.6) is 0 Å². The van der Waals surface area contributed by atoms with E-state index in [0.717, 1.165) is 5.54 Å². The van der Waals surface area contributed by atoms with E-state index in [4.69, 9.17) is 0 Å². The van der Waals surface area contributed by atoms with Crippen molar-refractivity contribution in [2.75, 3.05) is 0 Å². The van der Waals surface area contributed by atoms with Gasteiger partial charge in [-0.05, 0) is 34.9 Å². The fourth-order valence-corrected chi connectivity index (χ4v) is 6.11. The largest absolute Gasteiger partial charge is 0.0840 e. The Balaban J connectivity index is 2.00. The maximum absolute atomic E-state index is 2.56. The van der Waals surface area contributed by atoms with Crippen molar-refractivity contribution in [2.24, 2.45) is 5.92 Å². The molecular formula is C19H30Si. The van der Waals surface area contributed by atoms with Crippen LogP contribution in [-0.4, -0.2) is 9.52 Å². The maximum atomic E-state index is 2.56. The van der Waals surface area contributed by atoms with Crippen LogP contribution in [-0.2, 0) is 0 Å². The van der Waals surface area contributed by atoms with Gasteiger partial charge in [-0.3, -0.25) is 0 Å². The molecule has 20 heavy (non-hydrogen) atoms. The molecular weight excluding hydrogens is 256 g/mol. The monoisotopic (exact) mass is 286 g/mol. The first-order valence-corrected chi connectivity index (χ1v) is 9.92. The van der Waals surface area contributed by atoms with Crippen LogP contribution in [0.4, 0.5) is 0 Å². The van der Waals surface area contributed by atoms with Crippen LogP contribution in [0.25, 0.3) is 0 Å². The summed E-state index contributed by atoms with van der Waals surface area (Å²) in [5.74, 6) is 0.683. The van der Waals surface area contributed by atoms with E-state index in [1.807, 2.05) is 0 Å². The van der Waals surface area contributed by atoms with Gasteiger partial charge in [-0.2, -0.15) is 0 Å². The topological polar surface area (TPSA) is 0 Å². The molecule has 0 spiro atoms. The van der Waals surface area contributed by atoms with Gasteiger partial charge >= 0.3 is 0 Å². The van der Waals surface area contributed by atoms with E-state index in [2.05, 4.69) is 63.3 Å². The third kappa shape index (κ3) is 4.08. The lowest BCUT2D eigenvalue weighted by Gasteiger charge is -2.33. The predicted molar refractivity (Wildman–Crippen MR) is 94.1 cm³/mol. The molecule has 0 aromatic heterocycles. The van der Waals surface area contributed by atoms with Crippen LogP contribution in [0.15, 0.2) is 48.1 Å². The Morgan fingerprint density at radius 1 is 1.30 bits per heavy atom. The second kappa shape index (κ2) is 7.26. The van der Waals surface area contributed by atoms with Crippen molar-refractivity contribution in [1.82, 2.24) is 0 Å². The van der Waals surface area contributed by atoms with E-state index in [9.17, 15) is 0 Å². The zero-order valence-electron chi connectivity index (χ0n) is 13.4. The average molecular weight is 287 g/mol. The second-order valence-corrected chi connectivity index (χ2v) is 9.62. The molecule has 0 saturated heterocycles. The minimum absolute atomic E-state index is 0.158. The highest BCUT2D eigenvalue weighted by Gasteiger charge is 2.30. The van der Waals surface area contributed by atoms with Crippen molar-refractivity contribution >= 4 is 9.52 Å². The minimum Gasteiger partial charge on any atom is -0.0840 e. The van der Waals surface area contributed by atoms with Crippen LogP contribution >= 0.6 is 0 Å². The van der Waals surface area contributed by atoms with Gasteiger partial charge in [-0.25, -0.2) is 0 Å². The SMILES string of the molecule is CCCCCC1([SiH2]C2C=CC(C(C)C)=C2)C=CC=CC1. The lowest BCUT2D eigenvalue weighted by molar-refractivity contribution is 0.552. The normalized spacial score (nSPS) is 29.0. The van der Waals surface area contributed by atoms with Crippen molar-refractivity contribution in [1.29, 1.82) is 0 Å². The van der Waals surface area contributed by atoms with Crippen LogP contribution in [0.3, 0.4) is 0 Å². The molecule has 2 atom stereocenters. The summed E-state index contributed by atoms with van der Waals surface area (Å²) < 4.78 is 0. The second-order valence-electron chi connectivity index (χ2n) is 6.86. The van der Waals surface area contributed by atoms with Gasteiger partial charge in [0.1, 0.15) is 0 Å². The summed E-state index contributed by atoms with van der Waals surface area (Å²) in [6.45, 7) is 6.92. The third-order valence-electron chi connectivity index (χ3n) is 4.75. The number of unbranched alkanes of at least 4 members (excludes halogenated alkanes) is 2. The van der Waals surface area contributed by atoms with E-state index in [1.54, 1.807) is 5.57 Å². The average Bonchev–Trinajstić information content (AvgIpc) is 2.88. The van der Waals surface area contributed by atoms with Gasteiger partial charge in [0.15, 0.2) is 0 Å². The van der Waals surface area contributed by atoms with Gasteiger partial charge in [0.2, 0.25) is 0 Å². The van der Waals surface area contributed by atoms with E-state index in [0.29, 0.717) is 11.0 Å². The third-order valence-corrected chi connectivity index (χ3v) is 7.42. The highest BCUT2D eigenvalue weighted by atomic mass is 28.2. The van der Waals surface area contributed by atoms with Gasteiger partial charge in [0.05, 0.1) is 0 Å². The highest BCUT2D eigenvalue weighted by Crippen LogP contribution is 2.44. The van der Waals surface area contributed by atoms with Crippen molar-refractivity contribution in [2.45, 2.75) is 63.5 Å². The van der Waals surface area contributed by atoms with Crippen LogP contribution in [0.2, 0.25) is 10.6 Å².